The van der Waals surface area contributed by atoms with Gasteiger partial charge >= 0.3 is 0 Å². The van der Waals surface area contributed by atoms with E-state index in [4.69, 9.17) is 17.3 Å². The Morgan fingerprint density at radius 2 is 2.23 bits per heavy atom. The molecule has 0 aliphatic carbocycles. The molecule has 0 saturated heterocycles. The molecular formula is C10H13Cl2N. The maximum Gasteiger partial charge on any atom is 0.0409 e. The molecule has 1 aromatic carbocycles. The van der Waals surface area contributed by atoms with E-state index in [-0.39, 0.29) is 18.4 Å². The molecule has 13 heavy (non-hydrogen) atoms. The zero-order valence-electron chi connectivity index (χ0n) is 7.24. The normalized spacial score (nSPS) is 11.5. The first-order valence-electron chi connectivity index (χ1n) is 3.86. The molecule has 0 unspecified atom stereocenters. The average molecular weight is 218 g/mol. The Hall–Kier alpha value is -0.500. The standard InChI is InChI=1S/C10H12ClN.ClH/c1-2-4-10(12)8-5-3-6-9(11)7-8;/h2-3,5-7,10H,1,4,12H2;1H/t10-;/m0./s1. The highest BCUT2D eigenvalue weighted by Gasteiger charge is 2.02. The molecule has 0 heterocycles. The van der Waals surface area contributed by atoms with Crippen molar-refractivity contribution >= 4 is 24.0 Å². The highest BCUT2D eigenvalue weighted by molar-refractivity contribution is 6.30. The van der Waals surface area contributed by atoms with Crippen molar-refractivity contribution in [2.45, 2.75) is 12.5 Å². The lowest BCUT2D eigenvalue weighted by atomic mass is 10.1. The SMILES string of the molecule is C=CC[C@H](N)c1cccc(Cl)c1.Cl. The molecule has 72 valence electrons. The molecule has 1 atom stereocenters. The third-order valence-electron chi connectivity index (χ3n) is 1.70. The van der Waals surface area contributed by atoms with Gasteiger partial charge in [0, 0.05) is 11.1 Å². The van der Waals surface area contributed by atoms with Crippen molar-refractivity contribution in [1.29, 1.82) is 0 Å². The molecule has 0 aliphatic rings. The van der Waals surface area contributed by atoms with E-state index in [9.17, 15) is 0 Å². The lowest BCUT2D eigenvalue weighted by molar-refractivity contribution is 0.742. The van der Waals surface area contributed by atoms with Crippen LogP contribution >= 0.6 is 24.0 Å². The van der Waals surface area contributed by atoms with Gasteiger partial charge in [-0.25, -0.2) is 0 Å². The minimum Gasteiger partial charge on any atom is -0.324 e. The summed E-state index contributed by atoms with van der Waals surface area (Å²) in [6.45, 7) is 3.64. The monoisotopic (exact) mass is 217 g/mol. The largest absolute Gasteiger partial charge is 0.324 e. The van der Waals surface area contributed by atoms with Crippen LogP contribution in [0.25, 0.3) is 0 Å². The minimum absolute atomic E-state index is 0. The molecule has 0 aromatic heterocycles. The second-order valence-electron chi connectivity index (χ2n) is 2.69. The van der Waals surface area contributed by atoms with Gasteiger partial charge in [-0.05, 0) is 24.1 Å². The summed E-state index contributed by atoms with van der Waals surface area (Å²) < 4.78 is 0. The van der Waals surface area contributed by atoms with Crippen LogP contribution in [0.4, 0.5) is 0 Å². The first kappa shape index (κ1) is 12.5. The zero-order valence-corrected chi connectivity index (χ0v) is 8.81. The minimum atomic E-state index is 0. The molecule has 1 nitrogen and oxygen atoms in total. The Morgan fingerprint density at radius 1 is 1.54 bits per heavy atom. The van der Waals surface area contributed by atoms with Crippen molar-refractivity contribution in [3.8, 4) is 0 Å². The zero-order chi connectivity index (χ0) is 8.97. The predicted molar refractivity (Wildman–Crippen MR) is 60.4 cm³/mol. The summed E-state index contributed by atoms with van der Waals surface area (Å²) in [5.41, 5.74) is 6.90. The van der Waals surface area contributed by atoms with E-state index in [0.717, 1.165) is 17.0 Å². The lowest BCUT2D eigenvalue weighted by Crippen LogP contribution is -2.08. The summed E-state index contributed by atoms with van der Waals surface area (Å²) in [4.78, 5) is 0. The van der Waals surface area contributed by atoms with Crippen LogP contribution in [0.3, 0.4) is 0 Å². The first-order chi connectivity index (χ1) is 5.74. The van der Waals surface area contributed by atoms with Crippen LogP contribution in [0, 0.1) is 0 Å². The summed E-state index contributed by atoms with van der Waals surface area (Å²) in [5, 5.41) is 0.729. The van der Waals surface area contributed by atoms with E-state index < -0.39 is 0 Å². The van der Waals surface area contributed by atoms with Crippen molar-refractivity contribution in [2.75, 3.05) is 0 Å². The molecule has 0 spiro atoms. The number of rotatable bonds is 3. The topological polar surface area (TPSA) is 26.0 Å². The van der Waals surface area contributed by atoms with Crippen molar-refractivity contribution in [2.24, 2.45) is 5.73 Å². The molecule has 1 aromatic rings. The van der Waals surface area contributed by atoms with Gasteiger partial charge in [-0.1, -0.05) is 29.8 Å². The smallest absolute Gasteiger partial charge is 0.0409 e. The molecule has 0 saturated carbocycles. The molecule has 0 radical (unpaired) electrons. The van der Waals surface area contributed by atoms with Gasteiger partial charge in [-0.15, -0.1) is 19.0 Å². The van der Waals surface area contributed by atoms with E-state index in [1.807, 2.05) is 30.3 Å². The Bertz CT molecular complexity index is 273. The van der Waals surface area contributed by atoms with Crippen molar-refractivity contribution in [1.82, 2.24) is 0 Å². The van der Waals surface area contributed by atoms with Crippen LogP contribution in [0.5, 0.6) is 0 Å². The van der Waals surface area contributed by atoms with Gasteiger partial charge in [0.2, 0.25) is 0 Å². The summed E-state index contributed by atoms with van der Waals surface area (Å²) >= 11 is 5.81. The Kier molecular flexibility index (Phi) is 5.80. The average Bonchev–Trinajstić information content (AvgIpc) is 2.05. The molecule has 0 fully saturated rings. The van der Waals surface area contributed by atoms with E-state index in [0.29, 0.717) is 0 Å². The van der Waals surface area contributed by atoms with Gasteiger partial charge in [0.05, 0.1) is 0 Å². The molecule has 0 bridgehead atoms. The second-order valence-corrected chi connectivity index (χ2v) is 3.12. The van der Waals surface area contributed by atoms with Gasteiger partial charge in [-0.3, -0.25) is 0 Å². The van der Waals surface area contributed by atoms with Gasteiger partial charge in [0.25, 0.3) is 0 Å². The summed E-state index contributed by atoms with van der Waals surface area (Å²) in [6, 6.07) is 7.61. The van der Waals surface area contributed by atoms with Crippen LogP contribution in [-0.4, -0.2) is 0 Å². The third-order valence-corrected chi connectivity index (χ3v) is 1.93. The summed E-state index contributed by atoms with van der Waals surface area (Å²) in [6.07, 6.45) is 2.59. The van der Waals surface area contributed by atoms with Gasteiger partial charge in [0.1, 0.15) is 0 Å². The highest BCUT2D eigenvalue weighted by atomic mass is 35.5. The van der Waals surface area contributed by atoms with Gasteiger partial charge < -0.3 is 5.73 Å². The fourth-order valence-electron chi connectivity index (χ4n) is 1.05. The van der Waals surface area contributed by atoms with Crippen molar-refractivity contribution in [3.63, 3.8) is 0 Å². The number of benzene rings is 1. The fraction of sp³-hybridized carbons (Fsp3) is 0.200. The van der Waals surface area contributed by atoms with Crippen LogP contribution < -0.4 is 5.73 Å². The maximum atomic E-state index is 5.84. The van der Waals surface area contributed by atoms with Crippen LogP contribution in [0.15, 0.2) is 36.9 Å². The molecule has 0 amide bonds. The molecule has 1 rings (SSSR count). The molecule has 0 aliphatic heterocycles. The van der Waals surface area contributed by atoms with Crippen molar-refractivity contribution in [3.05, 3.63) is 47.5 Å². The Morgan fingerprint density at radius 3 is 2.77 bits per heavy atom. The molecule has 2 N–H and O–H groups in total. The van der Waals surface area contributed by atoms with Crippen LogP contribution in [0.1, 0.15) is 18.0 Å². The highest BCUT2D eigenvalue weighted by Crippen LogP contribution is 2.18. The van der Waals surface area contributed by atoms with Crippen LogP contribution in [-0.2, 0) is 0 Å². The number of hydrogen-bond donors (Lipinski definition) is 1. The Labute approximate surface area is 90.0 Å². The van der Waals surface area contributed by atoms with E-state index >= 15 is 0 Å². The van der Waals surface area contributed by atoms with E-state index in [1.165, 1.54) is 0 Å². The summed E-state index contributed by atoms with van der Waals surface area (Å²) in [5.74, 6) is 0. The van der Waals surface area contributed by atoms with E-state index in [1.54, 1.807) is 0 Å². The number of hydrogen-bond acceptors (Lipinski definition) is 1. The molecular weight excluding hydrogens is 205 g/mol. The van der Waals surface area contributed by atoms with Crippen LogP contribution in [0.2, 0.25) is 5.02 Å². The number of nitrogens with two attached hydrogens (primary N) is 1. The lowest BCUT2D eigenvalue weighted by Gasteiger charge is -2.08. The predicted octanol–water partition coefficient (Wildman–Crippen LogP) is 3.34. The van der Waals surface area contributed by atoms with Crippen molar-refractivity contribution < 1.29 is 0 Å². The van der Waals surface area contributed by atoms with E-state index in [2.05, 4.69) is 6.58 Å². The second kappa shape index (κ2) is 6.03. The molecule has 3 heteroatoms. The van der Waals surface area contributed by atoms with Gasteiger partial charge in [0.15, 0.2) is 0 Å². The fourth-order valence-corrected chi connectivity index (χ4v) is 1.25. The third kappa shape index (κ3) is 3.81. The summed E-state index contributed by atoms with van der Waals surface area (Å²) in [7, 11) is 0. The first-order valence-corrected chi connectivity index (χ1v) is 4.24. The van der Waals surface area contributed by atoms with Gasteiger partial charge in [-0.2, -0.15) is 0 Å². The quantitative estimate of drug-likeness (QED) is 0.773. The maximum absolute atomic E-state index is 5.84. The Balaban J connectivity index is 0.00000144. The number of halogens is 2.